The summed E-state index contributed by atoms with van der Waals surface area (Å²) in [4.78, 5) is 55.7. The van der Waals surface area contributed by atoms with Crippen LogP contribution in [0.4, 0.5) is 8.78 Å². The Morgan fingerprint density at radius 2 is 1.00 bits per heavy atom. The Bertz CT molecular complexity index is 3030. The van der Waals surface area contributed by atoms with Gasteiger partial charge < -0.3 is 40.1 Å². The summed E-state index contributed by atoms with van der Waals surface area (Å²) in [6.07, 6.45) is -1.83. The number of sulfone groups is 2. The molecule has 0 spiro atoms. The first-order valence-corrected chi connectivity index (χ1v) is 28.1. The lowest BCUT2D eigenvalue weighted by Crippen LogP contribution is -2.52. The van der Waals surface area contributed by atoms with Crippen LogP contribution in [0.15, 0.2) is 48.5 Å². The molecule has 2 aromatic carbocycles. The van der Waals surface area contributed by atoms with Crippen LogP contribution < -0.4 is 10.6 Å². The molecule has 2 saturated carbocycles. The van der Waals surface area contributed by atoms with Crippen LogP contribution in [0.1, 0.15) is 129 Å². The van der Waals surface area contributed by atoms with Gasteiger partial charge in [-0.05, 0) is 102 Å². The smallest absolute Gasteiger partial charge is 0.272 e. The molecule has 4 amide bonds. The van der Waals surface area contributed by atoms with Crippen molar-refractivity contribution in [3.8, 4) is 12.1 Å². The van der Waals surface area contributed by atoms with Crippen molar-refractivity contribution in [2.24, 2.45) is 14.1 Å². The zero-order valence-corrected chi connectivity index (χ0v) is 45.8. The number of carbonyl (C=O) groups excluding carboxylic acids is 4. The van der Waals surface area contributed by atoms with Crippen LogP contribution >= 0.6 is 0 Å². The minimum Gasteiger partial charge on any atom is -0.391 e. The van der Waals surface area contributed by atoms with Crippen molar-refractivity contribution in [3.05, 3.63) is 105 Å². The number of aliphatic hydroxyl groups is 2. The SMILES string of the molecule is Cn1nc(C(=O)NCc2ccc(C#N)cc2)c2c1C(=O)N(CC1(S(=O)(=O)C(C)(C)COC(F)CO)CC1)CC2.Cn1nc(C(=O)NCc2ccc(C#N)cc2)c2c1C(=O)N(CC1(S(=O)(=O)C(C)(C)COC(F)CO)CC1)CC2. The number of alkyl halides is 2. The summed E-state index contributed by atoms with van der Waals surface area (Å²) in [5.74, 6) is -1.68. The summed E-state index contributed by atoms with van der Waals surface area (Å²) in [5, 5.41) is 49.7. The molecule has 0 bridgehead atoms. The second-order valence-corrected chi connectivity index (χ2v) is 27.2. The topological polar surface area (TPSA) is 309 Å². The predicted molar refractivity (Wildman–Crippen MR) is 276 cm³/mol. The number of benzene rings is 2. The molecule has 22 nitrogen and oxygen atoms in total. The van der Waals surface area contributed by atoms with Crippen LogP contribution in [0.2, 0.25) is 0 Å². The first-order valence-electron chi connectivity index (χ1n) is 25.2. The Morgan fingerprint density at radius 3 is 1.29 bits per heavy atom. The lowest BCUT2D eigenvalue weighted by Gasteiger charge is -2.35. The van der Waals surface area contributed by atoms with Crippen molar-refractivity contribution < 1.29 is 64.5 Å². The van der Waals surface area contributed by atoms with Crippen molar-refractivity contribution in [1.82, 2.24) is 40.0 Å². The van der Waals surface area contributed by atoms with Crippen molar-refractivity contribution in [2.75, 3.05) is 52.6 Å². The number of hydrogen-bond donors (Lipinski definition) is 4. The third-order valence-electron chi connectivity index (χ3n) is 14.7. The molecule has 4 heterocycles. The molecule has 2 aliphatic heterocycles. The quantitative estimate of drug-likeness (QED) is 0.0879. The number of rotatable bonds is 22. The molecule has 4 aromatic rings. The first kappa shape index (κ1) is 59.0. The highest BCUT2D eigenvalue weighted by molar-refractivity contribution is 7.94. The number of aryl methyl sites for hydroxylation is 2. The molecule has 78 heavy (non-hydrogen) atoms. The van der Waals surface area contributed by atoms with Crippen LogP contribution in [0.3, 0.4) is 0 Å². The van der Waals surface area contributed by atoms with Gasteiger partial charge in [-0.3, -0.25) is 28.5 Å². The van der Waals surface area contributed by atoms with Gasteiger partial charge in [-0.15, -0.1) is 0 Å². The number of ether oxygens (including phenoxy) is 2. The Kier molecular flexibility index (Phi) is 17.4. The molecule has 4 aliphatic rings. The molecule has 420 valence electrons. The third-order valence-corrected chi connectivity index (χ3v) is 21.2. The van der Waals surface area contributed by atoms with Crippen LogP contribution in [0.5, 0.6) is 0 Å². The molecule has 2 atom stereocenters. The molecule has 0 radical (unpaired) electrons. The Labute approximate surface area is 451 Å². The van der Waals surface area contributed by atoms with E-state index in [9.17, 15) is 44.8 Å². The molecule has 2 aliphatic carbocycles. The minimum absolute atomic E-state index is 0.0263. The van der Waals surface area contributed by atoms with Gasteiger partial charge in [-0.2, -0.15) is 20.7 Å². The van der Waals surface area contributed by atoms with Gasteiger partial charge in [-0.25, -0.2) is 25.6 Å². The van der Waals surface area contributed by atoms with Crippen molar-refractivity contribution in [1.29, 1.82) is 10.5 Å². The van der Waals surface area contributed by atoms with Gasteiger partial charge in [0, 0.05) is 64.5 Å². The number of aliphatic hydroxyl groups excluding tert-OH is 2. The maximum absolute atomic E-state index is 13.6. The summed E-state index contributed by atoms with van der Waals surface area (Å²) in [6.45, 7) is 4.03. The number of hydrogen-bond acceptors (Lipinski definition) is 16. The summed E-state index contributed by atoms with van der Waals surface area (Å²) in [6, 6.07) is 17.7. The lowest BCUT2D eigenvalue weighted by atomic mass is 10.0. The van der Waals surface area contributed by atoms with Crippen molar-refractivity contribution in [3.63, 3.8) is 0 Å². The Morgan fingerprint density at radius 1 is 0.667 bits per heavy atom. The highest BCUT2D eigenvalue weighted by Crippen LogP contribution is 2.51. The fraction of sp³-hybridized carbons (Fsp3) is 0.538. The summed E-state index contributed by atoms with van der Waals surface area (Å²) in [5.41, 5.74) is 4.42. The number of amides is 4. The second kappa shape index (κ2) is 23.0. The summed E-state index contributed by atoms with van der Waals surface area (Å²) in [7, 11) is -4.59. The molecular formula is C52H64F2N10O12S2. The highest BCUT2D eigenvalue weighted by Gasteiger charge is 2.62. The highest BCUT2D eigenvalue weighted by atomic mass is 32.2. The number of carbonyl (C=O) groups is 4. The van der Waals surface area contributed by atoms with Gasteiger partial charge in [0.15, 0.2) is 31.1 Å². The van der Waals surface area contributed by atoms with Gasteiger partial charge in [-0.1, -0.05) is 24.3 Å². The lowest BCUT2D eigenvalue weighted by molar-refractivity contribution is -0.0753. The molecule has 4 N–H and O–H groups in total. The van der Waals surface area contributed by atoms with E-state index < -0.39 is 101 Å². The number of aromatic nitrogens is 4. The van der Waals surface area contributed by atoms with Gasteiger partial charge in [0.25, 0.3) is 23.6 Å². The van der Waals surface area contributed by atoms with E-state index in [4.69, 9.17) is 30.2 Å². The average Bonchev–Trinajstić information content (AvgIpc) is 4.35. The van der Waals surface area contributed by atoms with Crippen LogP contribution in [0, 0.1) is 22.7 Å². The summed E-state index contributed by atoms with van der Waals surface area (Å²) < 4.78 is 88.3. The second-order valence-electron chi connectivity index (χ2n) is 21.2. The van der Waals surface area contributed by atoms with Crippen LogP contribution in [-0.4, -0.2) is 164 Å². The van der Waals surface area contributed by atoms with Gasteiger partial charge in [0.05, 0.1) is 68.7 Å². The van der Waals surface area contributed by atoms with E-state index in [0.717, 1.165) is 11.1 Å². The summed E-state index contributed by atoms with van der Waals surface area (Å²) >= 11 is 0. The molecular weight excluding hydrogens is 1060 g/mol. The van der Waals surface area contributed by atoms with Crippen molar-refractivity contribution in [2.45, 2.75) is 111 Å². The van der Waals surface area contributed by atoms with E-state index in [2.05, 4.69) is 20.8 Å². The monoisotopic (exact) mass is 1120 g/mol. The van der Waals surface area contributed by atoms with E-state index in [1.807, 2.05) is 12.1 Å². The standard InChI is InChI=1S/2C26H32FN5O6S/c2*1-25(2,16-38-20(27)14-33)39(36,37)26(9-10-26)15-32-11-8-19-21(30-31(3)22(19)24(32)35)23(34)29-13-18-6-4-17(12-28)5-7-18/h2*4-7,20,33H,8-11,13-16H2,1-3H3,(H,29,34). The number of halogens is 2. The zero-order chi connectivity index (χ0) is 57.2. The largest absolute Gasteiger partial charge is 0.391 e. The van der Waals surface area contributed by atoms with E-state index in [-0.39, 0.29) is 62.0 Å². The van der Waals surface area contributed by atoms with Gasteiger partial charge >= 0.3 is 0 Å². The zero-order valence-electron chi connectivity index (χ0n) is 44.2. The molecule has 2 fully saturated rings. The predicted octanol–water partition coefficient (Wildman–Crippen LogP) is 2.50. The number of nitrogens with zero attached hydrogens (tertiary/aromatic N) is 8. The molecule has 2 unspecified atom stereocenters. The van der Waals surface area contributed by atoms with E-state index in [0.29, 0.717) is 60.8 Å². The van der Waals surface area contributed by atoms with E-state index >= 15 is 0 Å². The number of nitriles is 2. The molecule has 2 aromatic heterocycles. The third kappa shape index (κ3) is 11.8. The van der Waals surface area contributed by atoms with Gasteiger partial charge in [0.1, 0.15) is 11.4 Å². The maximum Gasteiger partial charge on any atom is 0.272 e. The molecule has 8 rings (SSSR count). The van der Waals surface area contributed by atoms with E-state index in [1.165, 1.54) is 46.9 Å². The number of nitrogens with one attached hydrogen (secondary N) is 2. The molecule has 26 heteroatoms. The normalized spacial score (nSPS) is 17.3. The van der Waals surface area contributed by atoms with Crippen LogP contribution in [0.25, 0.3) is 0 Å². The van der Waals surface area contributed by atoms with Crippen LogP contribution in [-0.2, 0) is 69.2 Å². The van der Waals surface area contributed by atoms with Gasteiger partial charge in [0.2, 0.25) is 12.7 Å². The minimum atomic E-state index is -3.86. The fourth-order valence-corrected chi connectivity index (χ4v) is 14.5. The van der Waals surface area contributed by atoms with Crippen molar-refractivity contribution >= 4 is 43.3 Å². The fourth-order valence-electron chi connectivity index (χ4n) is 9.75. The molecule has 0 saturated heterocycles. The van der Waals surface area contributed by atoms with E-state index in [1.54, 1.807) is 62.6 Å². The average molecular weight is 1120 g/mol. The Balaban J connectivity index is 0.000000226. The number of fused-ring (bicyclic) bond motifs is 2. The first-order chi connectivity index (χ1) is 36.7. The maximum atomic E-state index is 13.6. The Hall–Kier alpha value is -6.68.